The van der Waals surface area contributed by atoms with Crippen molar-refractivity contribution in [1.29, 1.82) is 0 Å². The van der Waals surface area contributed by atoms with E-state index in [-0.39, 0.29) is 32.9 Å². The quantitative estimate of drug-likeness (QED) is 0.791. The molecular formula is C15H19N3O6. The van der Waals surface area contributed by atoms with E-state index in [9.17, 15) is 19.5 Å². The number of carboxylic acids is 1. The third kappa shape index (κ3) is 4.42. The van der Waals surface area contributed by atoms with E-state index in [1.807, 2.05) is 0 Å². The highest BCUT2D eigenvalue weighted by Gasteiger charge is 2.33. The third-order valence-corrected chi connectivity index (χ3v) is 3.43. The Morgan fingerprint density at radius 3 is 3.00 bits per heavy atom. The van der Waals surface area contributed by atoms with Gasteiger partial charge in [0.05, 0.1) is 32.1 Å². The zero-order valence-electron chi connectivity index (χ0n) is 13.2. The molecular weight excluding hydrogens is 318 g/mol. The minimum atomic E-state index is -1.11. The van der Waals surface area contributed by atoms with E-state index in [0.717, 1.165) is 0 Å². The first-order valence-corrected chi connectivity index (χ1v) is 7.50. The smallest absolute Gasteiger partial charge is 0.407 e. The minimum Gasteiger partial charge on any atom is -0.480 e. The summed E-state index contributed by atoms with van der Waals surface area (Å²) < 4.78 is 9.87. The molecule has 1 unspecified atom stereocenters. The van der Waals surface area contributed by atoms with Gasteiger partial charge in [-0.2, -0.15) is 0 Å². The maximum atomic E-state index is 12.6. The van der Waals surface area contributed by atoms with E-state index in [0.29, 0.717) is 11.3 Å². The zero-order valence-corrected chi connectivity index (χ0v) is 13.2. The number of morpholine rings is 1. The van der Waals surface area contributed by atoms with Gasteiger partial charge in [-0.25, -0.2) is 9.59 Å². The monoisotopic (exact) mass is 337 g/mol. The van der Waals surface area contributed by atoms with Crippen LogP contribution in [0.25, 0.3) is 0 Å². The van der Waals surface area contributed by atoms with Crippen LogP contribution in [0.4, 0.5) is 4.79 Å². The summed E-state index contributed by atoms with van der Waals surface area (Å²) in [5.74, 6) is -1.52. The Labute approximate surface area is 138 Å². The van der Waals surface area contributed by atoms with Crippen LogP contribution in [0.15, 0.2) is 18.3 Å². The van der Waals surface area contributed by atoms with Gasteiger partial charge in [0, 0.05) is 18.3 Å². The number of pyridine rings is 1. The molecule has 9 heteroatoms. The Bertz CT molecular complexity index is 621. The Morgan fingerprint density at radius 2 is 2.29 bits per heavy atom. The number of carbonyl (C=O) groups excluding carboxylic acids is 2. The maximum Gasteiger partial charge on any atom is 0.407 e. The molecule has 1 fully saturated rings. The second kappa shape index (κ2) is 8.25. The van der Waals surface area contributed by atoms with E-state index >= 15 is 0 Å². The molecule has 130 valence electrons. The molecule has 2 N–H and O–H groups in total. The van der Waals surface area contributed by atoms with Gasteiger partial charge in [-0.3, -0.25) is 9.78 Å². The minimum absolute atomic E-state index is 0.0383. The largest absolute Gasteiger partial charge is 0.480 e. The molecule has 2 heterocycles. The Kier molecular flexibility index (Phi) is 6.07. The lowest BCUT2D eigenvalue weighted by Crippen LogP contribution is -2.52. The molecule has 0 aromatic carbocycles. The molecule has 9 nitrogen and oxygen atoms in total. The molecule has 1 aromatic heterocycles. The number of aliphatic carboxylic acids is 1. The molecule has 0 saturated carbocycles. The van der Waals surface area contributed by atoms with Crippen molar-refractivity contribution < 1.29 is 29.0 Å². The fourth-order valence-electron chi connectivity index (χ4n) is 2.27. The van der Waals surface area contributed by atoms with Crippen molar-refractivity contribution in [3.05, 3.63) is 29.6 Å². The third-order valence-electron chi connectivity index (χ3n) is 3.43. The van der Waals surface area contributed by atoms with Gasteiger partial charge in [0.15, 0.2) is 6.04 Å². The number of rotatable bonds is 5. The van der Waals surface area contributed by atoms with Crippen LogP contribution in [0.1, 0.15) is 23.0 Å². The number of nitrogens with zero attached hydrogens (tertiary/aromatic N) is 2. The number of carboxylic acid groups (broad SMARTS) is 1. The van der Waals surface area contributed by atoms with Crippen LogP contribution in [0.3, 0.4) is 0 Å². The van der Waals surface area contributed by atoms with Gasteiger partial charge >= 0.3 is 12.1 Å². The summed E-state index contributed by atoms with van der Waals surface area (Å²) in [6, 6.07) is 2.01. The van der Waals surface area contributed by atoms with Crippen molar-refractivity contribution in [2.45, 2.75) is 19.5 Å². The normalized spacial score (nSPS) is 17.2. The number of hydrogen-bond acceptors (Lipinski definition) is 6. The highest BCUT2D eigenvalue weighted by Crippen LogP contribution is 2.13. The first-order valence-electron chi connectivity index (χ1n) is 7.50. The average molecular weight is 337 g/mol. The van der Waals surface area contributed by atoms with E-state index < -0.39 is 24.0 Å². The summed E-state index contributed by atoms with van der Waals surface area (Å²) >= 11 is 0. The molecule has 2 rings (SSSR count). The average Bonchev–Trinajstić information content (AvgIpc) is 2.60. The van der Waals surface area contributed by atoms with Gasteiger partial charge in [0.1, 0.15) is 0 Å². The number of amides is 2. The molecule has 2 amide bonds. The zero-order chi connectivity index (χ0) is 17.5. The predicted octanol–water partition coefficient (Wildman–Crippen LogP) is 0.253. The van der Waals surface area contributed by atoms with E-state index in [1.54, 1.807) is 6.92 Å². The van der Waals surface area contributed by atoms with Crippen LogP contribution in [0, 0.1) is 0 Å². The van der Waals surface area contributed by atoms with E-state index in [1.165, 1.54) is 23.2 Å². The molecule has 0 spiro atoms. The molecule has 0 bridgehead atoms. The van der Waals surface area contributed by atoms with Gasteiger partial charge in [-0.15, -0.1) is 0 Å². The van der Waals surface area contributed by atoms with Crippen molar-refractivity contribution in [2.24, 2.45) is 0 Å². The van der Waals surface area contributed by atoms with Crippen LogP contribution in [0.5, 0.6) is 0 Å². The van der Waals surface area contributed by atoms with Gasteiger partial charge in [0.2, 0.25) is 0 Å². The van der Waals surface area contributed by atoms with Gasteiger partial charge in [-0.05, 0) is 19.1 Å². The van der Waals surface area contributed by atoms with Crippen LogP contribution < -0.4 is 5.32 Å². The molecule has 0 aliphatic carbocycles. The fourth-order valence-corrected chi connectivity index (χ4v) is 2.27. The van der Waals surface area contributed by atoms with Crippen LogP contribution >= 0.6 is 0 Å². The molecule has 1 saturated heterocycles. The lowest BCUT2D eigenvalue weighted by Gasteiger charge is -2.32. The summed E-state index contributed by atoms with van der Waals surface area (Å²) in [5.41, 5.74) is 0.771. The van der Waals surface area contributed by atoms with Crippen LogP contribution in [0.2, 0.25) is 0 Å². The molecule has 0 radical (unpaired) electrons. The van der Waals surface area contributed by atoms with Crippen LogP contribution in [-0.2, 0) is 20.8 Å². The Hall–Kier alpha value is -2.68. The number of carbonyl (C=O) groups is 3. The second-order valence-electron chi connectivity index (χ2n) is 5.04. The predicted molar refractivity (Wildman–Crippen MR) is 81.4 cm³/mol. The lowest BCUT2D eigenvalue weighted by molar-refractivity contribution is -0.147. The summed E-state index contributed by atoms with van der Waals surface area (Å²) in [6.07, 6.45) is 0.862. The molecule has 1 aromatic rings. The van der Waals surface area contributed by atoms with Crippen molar-refractivity contribution in [3.8, 4) is 0 Å². The first-order chi connectivity index (χ1) is 11.5. The van der Waals surface area contributed by atoms with Gasteiger partial charge < -0.3 is 24.8 Å². The van der Waals surface area contributed by atoms with Gasteiger partial charge in [0.25, 0.3) is 5.91 Å². The number of hydrogen-bond donors (Lipinski definition) is 2. The molecule has 24 heavy (non-hydrogen) atoms. The number of aromatic nitrogens is 1. The summed E-state index contributed by atoms with van der Waals surface area (Å²) in [4.78, 5) is 40.5. The fraction of sp³-hybridized carbons (Fsp3) is 0.467. The summed E-state index contributed by atoms with van der Waals surface area (Å²) in [6.45, 7) is 2.50. The molecule has 1 aliphatic heterocycles. The molecule has 1 atom stereocenters. The highest BCUT2D eigenvalue weighted by molar-refractivity contribution is 5.96. The Morgan fingerprint density at radius 1 is 1.50 bits per heavy atom. The van der Waals surface area contributed by atoms with E-state index in [2.05, 4.69) is 10.3 Å². The van der Waals surface area contributed by atoms with Crippen molar-refractivity contribution >= 4 is 18.0 Å². The molecule has 1 aliphatic rings. The SMILES string of the molecule is CCOC(=O)NCc1cc(C(=O)N2CCOCC2C(=O)O)ccn1. The topological polar surface area (TPSA) is 118 Å². The number of ether oxygens (including phenoxy) is 2. The summed E-state index contributed by atoms with van der Waals surface area (Å²) in [7, 11) is 0. The number of alkyl carbamates (subject to hydrolysis) is 1. The lowest BCUT2D eigenvalue weighted by atomic mass is 10.1. The summed E-state index contributed by atoms with van der Waals surface area (Å²) in [5, 5.41) is 11.7. The second-order valence-corrected chi connectivity index (χ2v) is 5.04. The maximum absolute atomic E-state index is 12.6. The standard InChI is InChI=1S/C15H19N3O6/c1-2-24-15(22)17-8-11-7-10(3-4-16-11)13(19)18-5-6-23-9-12(18)14(20)21/h3-4,7,12H,2,5-6,8-9H2,1H3,(H,17,22)(H,20,21). The van der Waals surface area contributed by atoms with Crippen molar-refractivity contribution in [3.63, 3.8) is 0 Å². The van der Waals surface area contributed by atoms with Gasteiger partial charge in [-0.1, -0.05) is 0 Å². The highest BCUT2D eigenvalue weighted by atomic mass is 16.5. The van der Waals surface area contributed by atoms with Crippen molar-refractivity contribution in [2.75, 3.05) is 26.4 Å². The van der Waals surface area contributed by atoms with E-state index in [4.69, 9.17) is 9.47 Å². The van der Waals surface area contributed by atoms with Crippen molar-refractivity contribution in [1.82, 2.24) is 15.2 Å². The van der Waals surface area contributed by atoms with Crippen LogP contribution in [-0.4, -0.2) is 65.4 Å². The number of nitrogens with one attached hydrogen (secondary N) is 1. The Balaban J connectivity index is 2.07. The first kappa shape index (κ1) is 17.7.